The second kappa shape index (κ2) is 9.03. The van der Waals surface area contributed by atoms with E-state index < -0.39 is 0 Å². The third kappa shape index (κ3) is 4.13. The van der Waals surface area contributed by atoms with Crippen molar-refractivity contribution in [2.24, 2.45) is 0 Å². The molecule has 0 atom stereocenters. The summed E-state index contributed by atoms with van der Waals surface area (Å²) < 4.78 is 0. The summed E-state index contributed by atoms with van der Waals surface area (Å²) in [7, 11) is 0. The van der Waals surface area contributed by atoms with E-state index in [0.29, 0.717) is 0 Å². The maximum atomic E-state index is 3.66. The molecule has 1 heteroatoms. The van der Waals surface area contributed by atoms with Gasteiger partial charge in [-0.25, -0.2) is 0 Å². The van der Waals surface area contributed by atoms with Gasteiger partial charge in [0.1, 0.15) is 0 Å². The summed E-state index contributed by atoms with van der Waals surface area (Å²) in [6.07, 6.45) is 0. The fourth-order valence-electron chi connectivity index (χ4n) is 6.14. The molecule has 0 spiro atoms. The van der Waals surface area contributed by atoms with Gasteiger partial charge in [-0.3, -0.25) is 0 Å². The molecule has 1 N–H and O–H groups in total. The second-order valence-corrected chi connectivity index (χ2v) is 12.0. The minimum atomic E-state index is 0.000596. The Morgan fingerprint density at radius 2 is 1.05 bits per heavy atom. The highest BCUT2D eigenvalue weighted by molar-refractivity contribution is 5.84. The van der Waals surface area contributed by atoms with Gasteiger partial charge in [-0.15, -0.1) is 0 Å². The van der Waals surface area contributed by atoms with Gasteiger partial charge >= 0.3 is 0 Å². The molecule has 0 bridgehead atoms. The fraction of sp³-hybridized carbons (Fsp3) is 0.189. The van der Waals surface area contributed by atoms with Crippen LogP contribution in [0.25, 0.3) is 33.4 Å². The lowest BCUT2D eigenvalue weighted by atomic mass is 9.77. The van der Waals surface area contributed by atoms with Gasteiger partial charge in [-0.05, 0) is 79.8 Å². The molecule has 6 rings (SSSR count). The summed E-state index contributed by atoms with van der Waals surface area (Å²) in [5, 5.41) is 3.66. The van der Waals surface area contributed by atoms with Crippen molar-refractivity contribution in [1.29, 1.82) is 0 Å². The van der Waals surface area contributed by atoms with Crippen molar-refractivity contribution in [1.82, 2.24) is 0 Å². The Bertz CT molecular complexity index is 1620. The van der Waals surface area contributed by atoms with Crippen LogP contribution >= 0.6 is 0 Å². The van der Waals surface area contributed by atoms with Gasteiger partial charge < -0.3 is 5.32 Å². The SMILES string of the molecule is CC(C)(C)c1c(-c2ccccc2)cccc1-c1ccc(Nc2ccc3c(c2)C(C)(C)c2ccccc2-3)cc1. The largest absolute Gasteiger partial charge is 0.356 e. The van der Waals surface area contributed by atoms with Crippen LogP contribution < -0.4 is 5.32 Å². The predicted molar refractivity (Wildman–Crippen MR) is 163 cm³/mol. The van der Waals surface area contributed by atoms with Crippen LogP contribution in [0.3, 0.4) is 0 Å². The zero-order chi connectivity index (χ0) is 26.5. The van der Waals surface area contributed by atoms with Crippen molar-refractivity contribution in [3.05, 3.63) is 132 Å². The first-order chi connectivity index (χ1) is 18.2. The average Bonchev–Trinajstić information content (AvgIpc) is 3.15. The van der Waals surface area contributed by atoms with E-state index >= 15 is 0 Å². The Morgan fingerprint density at radius 3 is 1.74 bits per heavy atom. The normalized spacial score (nSPS) is 13.6. The third-order valence-electron chi connectivity index (χ3n) is 7.97. The molecule has 0 aliphatic heterocycles. The minimum Gasteiger partial charge on any atom is -0.356 e. The van der Waals surface area contributed by atoms with E-state index in [0.717, 1.165) is 11.4 Å². The maximum absolute atomic E-state index is 3.66. The molecule has 1 nitrogen and oxygen atoms in total. The number of fused-ring (bicyclic) bond motifs is 3. The van der Waals surface area contributed by atoms with Crippen LogP contribution in [-0.4, -0.2) is 0 Å². The van der Waals surface area contributed by atoms with Gasteiger partial charge in [0.15, 0.2) is 0 Å². The molecule has 188 valence electrons. The first kappa shape index (κ1) is 24.2. The molecule has 0 saturated heterocycles. The molecule has 1 aliphatic carbocycles. The molecule has 0 fully saturated rings. The Hall–Kier alpha value is -4.10. The van der Waals surface area contributed by atoms with Crippen molar-refractivity contribution in [2.75, 3.05) is 5.32 Å². The van der Waals surface area contributed by atoms with E-state index in [9.17, 15) is 0 Å². The Balaban J connectivity index is 1.32. The molecule has 0 radical (unpaired) electrons. The molecule has 0 heterocycles. The smallest absolute Gasteiger partial charge is 0.0387 e. The van der Waals surface area contributed by atoms with E-state index in [1.165, 1.54) is 50.1 Å². The Kier molecular flexibility index (Phi) is 5.76. The molecule has 0 amide bonds. The number of hydrogen-bond acceptors (Lipinski definition) is 1. The molecule has 0 aromatic heterocycles. The lowest BCUT2D eigenvalue weighted by Crippen LogP contribution is -2.15. The molecule has 0 saturated carbocycles. The van der Waals surface area contributed by atoms with Crippen LogP contribution in [-0.2, 0) is 10.8 Å². The lowest BCUT2D eigenvalue weighted by molar-refractivity contribution is 0.593. The zero-order valence-corrected chi connectivity index (χ0v) is 23.0. The van der Waals surface area contributed by atoms with Crippen LogP contribution in [0.4, 0.5) is 11.4 Å². The highest BCUT2D eigenvalue weighted by atomic mass is 14.9. The van der Waals surface area contributed by atoms with Crippen LogP contribution in [0.2, 0.25) is 0 Å². The summed E-state index contributed by atoms with van der Waals surface area (Å²) in [6, 6.07) is 41.9. The van der Waals surface area contributed by atoms with Crippen molar-refractivity contribution in [3.63, 3.8) is 0 Å². The van der Waals surface area contributed by atoms with E-state index in [2.05, 4.69) is 155 Å². The number of hydrogen-bond donors (Lipinski definition) is 1. The summed E-state index contributed by atoms with van der Waals surface area (Å²) >= 11 is 0. The van der Waals surface area contributed by atoms with Crippen molar-refractivity contribution < 1.29 is 0 Å². The van der Waals surface area contributed by atoms with Gasteiger partial charge in [0.05, 0.1) is 0 Å². The number of benzene rings is 5. The van der Waals surface area contributed by atoms with Crippen molar-refractivity contribution >= 4 is 11.4 Å². The van der Waals surface area contributed by atoms with Crippen molar-refractivity contribution in [2.45, 2.75) is 45.4 Å². The van der Waals surface area contributed by atoms with Crippen LogP contribution in [0.15, 0.2) is 115 Å². The number of rotatable bonds is 4. The topological polar surface area (TPSA) is 12.0 Å². The van der Waals surface area contributed by atoms with E-state index in [1.54, 1.807) is 0 Å². The van der Waals surface area contributed by atoms with Crippen LogP contribution in [0.5, 0.6) is 0 Å². The number of nitrogens with one attached hydrogen (secondary N) is 1. The highest BCUT2D eigenvalue weighted by Gasteiger charge is 2.35. The van der Waals surface area contributed by atoms with Gasteiger partial charge in [0, 0.05) is 16.8 Å². The van der Waals surface area contributed by atoms with Gasteiger partial charge in [0.25, 0.3) is 0 Å². The highest BCUT2D eigenvalue weighted by Crippen LogP contribution is 2.49. The summed E-state index contributed by atoms with van der Waals surface area (Å²) in [4.78, 5) is 0. The maximum Gasteiger partial charge on any atom is 0.0387 e. The summed E-state index contributed by atoms with van der Waals surface area (Å²) in [5.74, 6) is 0. The van der Waals surface area contributed by atoms with Gasteiger partial charge in [0.2, 0.25) is 0 Å². The average molecular weight is 494 g/mol. The molecular weight excluding hydrogens is 458 g/mol. The monoisotopic (exact) mass is 493 g/mol. The second-order valence-electron chi connectivity index (χ2n) is 12.0. The third-order valence-corrected chi connectivity index (χ3v) is 7.97. The Morgan fingerprint density at radius 1 is 0.500 bits per heavy atom. The molecule has 5 aromatic carbocycles. The Labute approximate surface area is 227 Å². The fourth-order valence-corrected chi connectivity index (χ4v) is 6.14. The first-order valence-electron chi connectivity index (χ1n) is 13.5. The van der Waals surface area contributed by atoms with E-state index in [-0.39, 0.29) is 10.8 Å². The van der Waals surface area contributed by atoms with Crippen LogP contribution in [0, 0.1) is 0 Å². The quantitative estimate of drug-likeness (QED) is 0.262. The van der Waals surface area contributed by atoms with Gasteiger partial charge in [-0.2, -0.15) is 0 Å². The molecule has 1 aliphatic rings. The molecule has 0 unspecified atom stereocenters. The van der Waals surface area contributed by atoms with E-state index in [4.69, 9.17) is 0 Å². The first-order valence-corrected chi connectivity index (χ1v) is 13.5. The van der Waals surface area contributed by atoms with Gasteiger partial charge in [-0.1, -0.05) is 126 Å². The number of anilines is 2. The molecule has 38 heavy (non-hydrogen) atoms. The molecular formula is C37H35N. The standard InChI is InChI=1S/C37H35N/c1-36(2,3)35-29(25-12-7-6-8-13-25)15-11-16-30(35)26-18-20-27(21-19-26)38-28-22-23-32-31-14-9-10-17-33(31)37(4,5)34(32)24-28/h6-24,38H,1-5H3. The summed E-state index contributed by atoms with van der Waals surface area (Å²) in [5.41, 5.74) is 14.2. The lowest BCUT2D eigenvalue weighted by Gasteiger charge is -2.27. The van der Waals surface area contributed by atoms with Crippen LogP contribution in [0.1, 0.15) is 51.3 Å². The summed E-state index contributed by atoms with van der Waals surface area (Å²) in [6.45, 7) is 11.6. The van der Waals surface area contributed by atoms with Crippen molar-refractivity contribution in [3.8, 4) is 33.4 Å². The minimum absolute atomic E-state index is 0.000596. The zero-order valence-electron chi connectivity index (χ0n) is 23.0. The van der Waals surface area contributed by atoms with E-state index in [1.807, 2.05) is 0 Å². The predicted octanol–water partition coefficient (Wildman–Crippen LogP) is 10.4. The molecule has 5 aromatic rings.